The van der Waals surface area contributed by atoms with Gasteiger partial charge in [-0.25, -0.2) is 9.59 Å². The molecule has 0 bridgehead atoms. The monoisotopic (exact) mass is 362 g/mol. The van der Waals surface area contributed by atoms with Gasteiger partial charge in [-0.3, -0.25) is 0 Å². The zero-order valence-electron chi connectivity index (χ0n) is 14.0. The SMILES string of the molecule is CC(C)CCOc1ccc(C(=O)Oc2ccc(Cl)cc2C(=O)O)cc1. The average molecular weight is 363 g/mol. The van der Waals surface area contributed by atoms with Gasteiger partial charge in [-0.2, -0.15) is 0 Å². The Bertz CT molecular complexity index is 753. The quantitative estimate of drug-likeness (QED) is 0.571. The Balaban J connectivity index is 2.05. The molecule has 25 heavy (non-hydrogen) atoms. The molecule has 5 nitrogen and oxygen atoms in total. The van der Waals surface area contributed by atoms with Gasteiger partial charge in [0.25, 0.3) is 0 Å². The van der Waals surface area contributed by atoms with Gasteiger partial charge in [0.05, 0.1) is 12.2 Å². The molecule has 0 aliphatic rings. The third-order valence-corrected chi connectivity index (χ3v) is 3.66. The summed E-state index contributed by atoms with van der Waals surface area (Å²) in [6.45, 7) is 4.84. The van der Waals surface area contributed by atoms with Crippen LogP contribution in [0.3, 0.4) is 0 Å². The Morgan fingerprint density at radius 2 is 1.80 bits per heavy atom. The van der Waals surface area contributed by atoms with Crippen molar-refractivity contribution in [3.05, 3.63) is 58.6 Å². The molecule has 0 saturated carbocycles. The standard InChI is InChI=1S/C19H19ClO5/c1-12(2)9-10-24-15-6-3-13(4-7-15)19(23)25-17-8-5-14(20)11-16(17)18(21)22/h3-8,11-12H,9-10H2,1-2H3,(H,21,22). The smallest absolute Gasteiger partial charge is 0.343 e. The van der Waals surface area contributed by atoms with Crippen LogP contribution in [0.2, 0.25) is 5.02 Å². The van der Waals surface area contributed by atoms with Gasteiger partial charge in [0.15, 0.2) is 0 Å². The van der Waals surface area contributed by atoms with Crippen molar-refractivity contribution in [3.8, 4) is 11.5 Å². The summed E-state index contributed by atoms with van der Waals surface area (Å²) in [6, 6.07) is 10.5. The van der Waals surface area contributed by atoms with Crippen molar-refractivity contribution in [1.29, 1.82) is 0 Å². The van der Waals surface area contributed by atoms with Crippen molar-refractivity contribution >= 4 is 23.5 Å². The van der Waals surface area contributed by atoms with E-state index in [0.29, 0.717) is 23.8 Å². The first kappa shape index (κ1) is 18.8. The summed E-state index contributed by atoms with van der Waals surface area (Å²) in [5.74, 6) is -0.719. The molecule has 0 unspecified atom stereocenters. The summed E-state index contributed by atoms with van der Waals surface area (Å²) < 4.78 is 10.8. The maximum Gasteiger partial charge on any atom is 0.343 e. The topological polar surface area (TPSA) is 72.8 Å². The number of carbonyl (C=O) groups is 2. The molecule has 0 heterocycles. The van der Waals surface area contributed by atoms with Crippen molar-refractivity contribution in [2.75, 3.05) is 6.61 Å². The Morgan fingerprint density at radius 1 is 1.12 bits per heavy atom. The summed E-state index contributed by atoms with van der Waals surface area (Å²) in [5, 5.41) is 9.41. The van der Waals surface area contributed by atoms with E-state index in [1.165, 1.54) is 18.2 Å². The molecular weight excluding hydrogens is 344 g/mol. The first-order chi connectivity index (χ1) is 11.9. The molecule has 0 amide bonds. The molecule has 0 saturated heterocycles. The van der Waals surface area contributed by atoms with Gasteiger partial charge in [-0.1, -0.05) is 25.4 Å². The number of aromatic carboxylic acids is 1. The van der Waals surface area contributed by atoms with E-state index in [2.05, 4.69) is 13.8 Å². The number of hydrogen-bond donors (Lipinski definition) is 1. The lowest BCUT2D eigenvalue weighted by atomic mass is 10.1. The number of esters is 1. The second-order valence-corrected chi connectivity index (χ2v) is 6.33. The number of carbonyl (C=O) groups excluding carboxylic acids is 1. The van der Waals surface area contributed by atoms with E-state index >= 15 is 0 Å². The normalized spacial score (nSPS) is 10.6. The highest BCUT2D eigenvalue weighted by molar-refractivity contribution is 6.31. The Hall–Kier alpha value is -2.53. The molecule has 0 radical (unpaired) electrons. The fourth-order valence-corrected chi connectivity index (χ4v) is 2.19. The van der Waals surface area contributed by atoms with Crippen LogP contribution in [0, 0.1) is 5.92 Å². The van der Waals surface area contributed by atoms with E-state index in [-0.39, 0.29) is 16.3 Å². The zero-order chi connectivity index (χ0) is 18.4. The predicted molar refractivity (Wildman–Crippen MR) is 94.8 cm³/mol. The van der Waals surface area contributed by atoms with Crippen LogP contribution in [-0.4, -0.2) is 23.7 Å². The summed E-state index contributed by atoms with van der Waals surface area (Å²) in [5.41, 5.74) is 0.122. The van der Waals surface area contributed by atoms with E-state index in [9.17, 15) is 9.59 Å². The van der Waals surface area contributed by atoms with Crippen molar-refractivity contribution < 1.29 is 24.2 Å². The van der Waals surface area contributed by atoms with Gasteiger partial charge in [0.1, 0.15) is 17.1 Å². The predicted octanol–water partition coefficient (Wildman–Crippen LogP) is 4.68. The van der Waals surface area contributed by atoms with Crippen molar-refractivity contribution in [2.45, 2.75) is 20.3 Å². The molecule has 0 atom stereocenters. The van der Waals surface area contributed by atoms with E-state index in [0.717, 1.165) is 6.42 Å². The number of ether oxygens (including phenoxy) is 2. The van der Waals surface area contributed by atoms with Crippen molar-refractivity contribution in [3.63, 3.8) is 0 Å². The zero-order valence-corrected chi connectivity index (χ0v) is 14.7. The molecule has 0 aliphatic carbocycles. The van der Waals surface area contributed by atoms with Crippen molar-refractivity contribution in [2.24, 2.45) is 5.92 Å². The van der Waals surface area contributed by atoms with E-state index < -0.39 is 11.9 Å². The molecule has 2 rings (SSSR count). The molecular formula is C19H19ClO5. The molecule has 0 fully saturated rings. The van der Waals surface area contributed by atoms with Crippen LogP contribution >= 0.6 is 11.6 Å². The fraction of sp³-hybridized carbons (Fsp3) is 0.263. The molecule has 2 aromatic rings. The Labute approximate surface area is 151 Å². The molecule has 1 N–H and O–H groups in total. The van der Waals surface area contributed by atoms with Crippen LogP contribution in [-0.2, 0) is 0 Å². The third-order valence-electron chi connectivity index (χ3n) is 3.43. The second-order valence-electron chi connectivity index (χ2n) is 5.89. The fourth-order valence-electron chi connectivity index (χ4n) is 2.02. The number of rotatable bonds is 7. The highest BCUT2D eigenvalue weighted by Crippen LogP contribution is 2.24. The highest BCUT2D eigenvalue weighted by Gasteiger charge is 2.16. The third kappa shape index (κ3) is 5.50. The maximum absolute atomic E-state index is 12.2. The maximum atomic E-state index is 12.2. The van der Waals surface area contributed by atoms with Gasteiger partial charge in [0.2, 0.25) is 0 Å². The number of benzene rings is 2. The second kappa shape index (κ2) is 8.53. The van der Waals surface area contributed by atoms with Gasteiger partial charge >= 0.3 is 11.9 Å². The summed E-state index contributed by atoms with van der Waals surface area (Å²) in [7, 11) is 0. The first-order valence-electron chi connectivity index (χ1n) is 7.84. The number of carboxylic acids is 1. The minimum absolute atomic E-state index is 0.0563. The largest absolute Gasteiger partial charge is 0.494 e. The summed E-state index contributed by atoms with van der Waals surface area (Å²) in [6.07, 6.45) is 0.943. The molecule has 0 spiro atoms. The lowest BCUT2D eigenvalue weighted by Gasteiger charge is -2.10. The van der Waals surface area contributed by atoms with Gasteiger partial charge in [-0.05, 0) is 54.8 Å². The molecule has 0 aliphatic heterocycles. The average Bonchev–Trinajstić information content (AvgIpc) is 2.56. The summed E-state index contributed by atoms with van der Waals surface area (Å²) >= 11 is 5.78. The number of halogens is 1. The number of carboxylic acid groups (broad SMARTS) is 1. The lowest BCUT2D eigenvalue weighted by Crippen LogP contribution is -2.11. The van der Waals surface area contributed by atoms with Crippen LogP contribution in [0.5, 0.6) is 11.5 Å². The lowest BCUT2D eigenvalue weighted by molar-refractivity contribution is 0.0681. The molecule has 132 valence electrons. The van der Waals surface area contributed by atoms with Crippen LogP contribution < -0.4 is 9.47 Å². The number of hydrogen-bond acceptors (Lipinski definition) is 4. The van der Waals surface area contributed by atoms with E-state index in [1.54, 1.807) is 24.3 Å². The Kier molecular flexibility index (Phi) is 6.42. The van der Waals surface area contributed by atoms with E-state index in [1.807, 2.05) is 0 Å². The first-order valence-corrected chi connectivity index (χ1v) is 8.22. The van der Waals surface area contributed by atoms with Gasteiger partial charge < -0.3 is 14.6 Å². The Morgan fingerprint density at radius 3 is 2.40 bits per heavy atom. The molecule has 0 aromatic heterocycles. The molecule has 2 aromatic carbocycles. The van der Waals surface area contributed by atoms with Gasteiger partial charge in [-0.15, -0.1) is 0 Å². The van der Waals surface area contributed by atoms with Crippen LogP contribution in [0.15, 0.2) is 42.5 Å². The molecule has 6 heteroatoms. The minimum atomic E-state index is -1.22. The van der Waals surface area contributed by atoms with Gasteiger partial charge in [0, 0.05) is 5.02 Å². The summed E-state index contributed by atoms with van der Waals surface area (Å²) in [4.78, 5) is 23.4. The van der Waals surface area contributed by atoms with Crippen LogP contribution in [0.1, 0.15) is 41.0 Å². The highest BCUT2D eigenvalue weighted by atomic mass is 35.5. The minimum Gasteiger partial charge on any atom is -0.494 e. The van der Waals surface area contributed by atoms with E-state index in [4.69, 9.17) is 26.2 Å². The van der Waals surface area contributed by atoms with Crippen LogP contribution in [0.4, 0.5) is 0 Å². The van der Waals surface area contributed by atoms with Crippen LogP contribution in [0.25, 0.3) is 0 Å². The van der Waals surface area contributed by atoms with Crippen molar-refractivity contribution in [1.82, 2.24) is 0 Å².